The normalized spacial score (nSPS) is 15.7. The van der Waals surface area contributed by atoms with E-state index >= 15 is 0 Å². The van der Waals surface area contributed by atoms with E-state index in [4.69, 9.17) is 16.6 Å². The SMILES string of the molecule is CCN(c1ncc(Cl)c(-c2ccccc2)n1)C1CCNCC1. The predicted octanol–water partition coefficient (Wildman–Crippen LogP) is 3.38. The quantitative estimate of drug-likeness (QED) is 0.939. The number of hydrogen-bond donors (Lipinski definition) is 1. The minimum atomic E-state index is 0.496. The molecular weight excluding hydrogens is 296 g/mol. The van der Waals surface area contributed by atoms with Gasteiger partial charge in [0.25, 0.3) is 0 Å². The number of benzene rings is 1. The van der Waals surface area contributed by atoms with E-state index in [1.807, 2.05) is 30.3 Å². The van der Waals surface area contributed by atoms with Crippen LogP contribution in [0.15, 0.2) is 36.5 Å². The lowest BCUT2D eigenvalue weighted by Gasteiger charge is -2.34. The molecular formula is C17H21ClN4. The predicted molar refractivity (Wildman–Crippen MR) is 91.4 cm³/mol. The van der Waals surface area contributed by atoms with E-state index in [1.54, 1.807) is 6.20 Å². The van der Waals surface area contributed by atoms with Gasteiger partial charge in [-0.1, -0.05) is 41.9 Å². The molecule has 1 aliphatic rings. The zero-order chi connectivity index (χ0) is 15.4. The van der Waals surface area contributed by atoms with Crippen molar-refractivity contribution in [2.45, 2.75) is 25.8 Å². The molecule has 0 amide bonds. The van der Waals surface area contributed by atoms with E-state index in [9.17, 15) is 0 Å². The Morgan fingerprint density at radius 2 is 1.95 bits per heavy atom. The lowest BCUT2D eigenvalue weighted by atomic mass is 10.1. The van der Waals surface area contributed by atoms with Gasteiger partial charge < -0.3 is 10.2 Å². The van der Waals surface area contributed by atoms with Crippen LogP contribution in [0.25, 0.3) is 11.3 Å². The van der Waals surface area contributed by atoms with Crippen molar-refractivity contribution >= 4 is 17.5 Å². The molecule has 1 N–H and O–H groups in total. The van der Waals surface area contributed by atoms with Crippen LogP contribution in [-0.2, 0) is 0 Å². The average Bonchev–Trinajstić information content (AvgIpc) is 2.59. The van der Waals surface area contributed by atoms with Crippen molar-refractivity contribution in [3.05, 3.63) is 41.6 Å². The second-order valence-electron chi connectivity index (χ2n) is 5.50. The molecule has 2 heterocycles. The zero-order valence-electron chi connectivity index (χ0n) is 12.8. The van der Waals surface area contributed by atoms with Gasteiger partial charge in [0.1, 0.15) is 0 Å². The molecule has 1 saturated heterocycles. The number of halogens is 1. The molecule has 3 rings (SSSR count). The molecule has 0 radical (unpaired) electrons. The number of aromatic nitrogens is 2. The Balaban J connectivity index is 1.93. The topological polar surface area (TPSA) is 41.1 Å². The maximum Gasteiger partial charge on any atom is 0.226 e. The second-order valence-corrected chi connectivity index (χ2v) is 5.91. The Hall–Kier alpha value is -1.65. The first-order valence-corrected chi connectivity index (χ1v) is 8.22. The van der Waals surface area contributed by atoms with Crippen LogP contribution in [0.2, 0.25) is 5.02 Å². The molecule has 1 fully saturated rings. The van der Waals surface area contributed by atoms with Crippen molar-refractivity contribution in [2.75, 3.05) is 24.5 Å². The minimum Gasteiger partial charge on any atom is -0.338 e. The van der Waals surface area contributed by atoms with Gasteiger partial charge in [-0.2, -0.15) is 0 Å². The van der Waals surface area contributed by atoms with Crippen LogP contribution in [0.1, 0.15) is 19.8 Å². The molecule has 116 valence electrons. The van der Waals surface area contributed by atoms with Crippen molar-refractivity contribution in [3.63, 3.8) is 0 Å². The molecule has 22 heavy (non-hydrogen) atoms. The number of piperidine rings is 1. The third kappa shape index (κ3) is 3.23. The van der Waals surface area contributed by atoms with Crippen LogP contribution < -0.4 is 10.2 Å². The molecule has 1 aliphatic heterocycles. The number of nitrogens with zero attached hydrogens (tertiary/aromatic N) is 3. The van der Waals surface area contributed by atoms with Gasteiger partial charge in [-0.15, -0.1) is 0 Å². The third-order valence-electron chi connectivity index (χ3n) is 4.13. The van der Waals surface area contributed by atoms with E-state index in [1.165, 1.54) is 0 Å². The summed E-state index contributed by atoms with van der Waals surface area (Å²) in [5.41, 5.74) is 1.83. The molecule has 1 aromatic carbocycles. The fraction of sp³-hybridized carbons (Fsp3) is 0.412. The molecule has 0 saturated carbocycles. The van der Waals surface area contributed by atoms with E-state index in [0.29, 0.717) is 11.1 Å². The maximum absolute atomic E-state index is 6.31. The van der Waals surface area contributed by atoms with Gasteiger partial charge in [0.15, 0.2) is 0 Å². The molecule has 0 spiro atoms. The molecule has 0 aliphatic carbocycles. The van der Waals surface area contributed by atoms with Gasteiger partial charge in [-0.3, -0.25) is 0 Å². The fourth-order valence-electron chi connectivity index (χ4n) is 2.98. The molecule has 4 nitrogen and oxygen atoms in total. The summed E-state index contributed by atoms with van der Waals surface area (Å²) < 4.78 is 0. The summed E-state index contributed by atoms with van der Waals surface area (Å²) in [7, 11) is 0. The van der Waals surface area contributed by atoms with Crippen molar-refractivity contribution < 1.29 is 0 Å². The summed E-state index contributed by atoms with van der Waals surface area (Å²) >= 11 is 6.31. The lowest BCUT2D eigenvalue weighted by Crippen LogP contribution is -2.44. The summed E-state index contributed by atoms with van der Waals surface area (Å²) in [6.07, 6.45) is 3.97. The molecule has 2 aromatic rings. The molecule has 0 unspecified atom stereocenters. The number of nitrogens with one attached hydrogen (secondary N) is 1. The molecule has 1 aromatic heterocycles. The van der Waals surface area contributed by atoms with Crippen LogP contribution in [0, 0.1) is 0 Å². The average molecular weight is 317 g/mol. The van der Waals surface area contributed by atoms with E-state index in [0.717, 1.165) is 49.7 Å². The highest BCUT2D eigenvalue weighted by Crippen LogP contribution is 2.28. The van der Waals surface area contributed by atoms with Crippen LogP contribution in [-0.4, -0.2) is 35.6 Å². The fourth-order valence-corrected chi connectivity index (χ4v) is 3.18. The Kier molecular flexibility index (Phi) is 4.90. The lowest BCUT2D eigenvalue weighted by molar-refractivity contribution is 0.429. The summed E-state index contributed by atoms with van der Waals surface area (Å²) in [6, 6.07) is 10.5. The minimum absolute atomic E-state index is 0.496. The highest BCUT2D eigenvalue weighted by molar-refractivity contribution is 6.32. The van der Waals surface area contributed by atoms with E-state index in [-0.39, 0.29) is 0 Å². The van der Waals surface area contributed by atoms with Gasteiger partial charge >= 0.3 is 0 Å². The molecule has 0 bridgehead atoms. The smallest absolute Gasteiger partial charge is 0.226 e. The van der Waals surface area contributed by atoms with Crippen molar-refractivity contribution in [1.29, 1.82) is 0 Å². The number of rotatable bonds is 4. The van der Waals surface area contributed by atoms with E-state index < -0.39 is 0 Å². The van der Waals surface area contributed by atoms with Crippen molar-refractivity contribution in [2.24, 2.45) is 0 Å². The summed E-state index contributed by atoms with van der Waals surface area (Å²) in [5, 5.41) is 4.00. The Bertz CT molecular complexity index is 611. The Labute approximate surface area is 136 Å². The van der Waals surface area contributed by atoms with E-state index in [2.05, 4.69) is 22.1 Å². The highest BCUT2D eigenvalue weighted by atomic mass is 35.5. The summed E-state index contributed by atoms with van der Waals surface area (Å²) in [6.45, 7) is 5.17. The van der Waals surface area contributed by atoms with Gasteiger partial charge in [-0.25, -0.2) is 9.97 Å². The first-order chi connectivity index (χ1) is 10.8. The highest BCUT2D eigenvalue weighted by Gasteiger charge is 2.22. The standard InChI is InChI=1S/C17H21ClN4/c1-2-22(14-8-10-19-11-9-14)17-20-12-15(18)16(21-17)13-6-4-3-5-7-13/h3-7,12,14,19H,2,8-11H2,1H3. The zero-order valence-corrected chi connectivity index (χ0v) is 13.6. The van der Waals surface area contributed by atoms with Crippen LogP contribution in [0.5, 0.6) is 0 Å². The summed E-state index contributed by atoms with van der Waals surface area (Å²) in [5.74, 6) is 0.776. The van der Waals surface area contributed by atoms with Gasteiger partial charge in [0.2, 0.25) is 5.95 Å². The van der Waals surface area contributed by atoms with Gasteiger partial charge in [0, 0.05) is 18.2 Å². The monoisotopic (exact) mass is 316 g/mol. The summed E-state index contributed by atoms with van der Waals surface area (Å²) in [4.78, 5) is 11.5. The van der Waals surface area contributed by atoms with Crippen LogP contribution >= 0.6 is 11.6 Å². The van der Waals surface area contributed by atoms with Crippen molar-refractivity contribution in [1.82, 2.24) is 15.3 Å². The third-order valence-corrected chi connectivity index (χ3v) is 4.40. The number of anilines is 1. The Morgan fingerprint density at radius 1 is 1.23 bits per heavy atom. The maximum atomic E-state index is 6.31. The molecule has 5 heteroatoms. The first-order valence-electron chi connectivity index (χ1n) is 7.85. The first kappa shape index (κ1) is 15.3. The van der Waals surface area contributed by atoms with Gasteiger partial charge in [0.05, 0.1) is 16.9 Å². The molecule has 0 atom stereocenters. The van der Waals surface area contributed by atoms with Crippen LogP contribution in [0.4, 0.5) is 5.95 Å². The van der Waals surface area contributed by atoms with Gasteiger partial charge in [-0.05, 0) is 32.9 Å². The number of hydrogen-bond acceptors (Lipinski definition) is 4. The second kappa shape index (κ2) is 7.07. The Morgan fingerprint density at radius 3 is 2.64 bits per heavy atom. The largest absolute Gasteiger partial charge is 0.338 e. The van der Waals surface area contributed by atoms with Crippen molar-refractivity contribution in [3.8, 4) is 11.3 Å². The van der Waals surface area contributed by atoms with Crippen LogP contribution in [0.3, 0.4) is 0 Å².